The molecule has 1 aliphatic rings. The third-order valence-corrected chi connectivity index (χ3v) is 6.34. The molecule has 3 aromatic rings. The Morgan fingerprint density at radius 2 is 1.89 bits per heavy atom. The minimum absolute atomic E-state index is 0.118. The number of carbonyl (C=O) groups is 1. The molecule has 0 bridgehead atoms. The topological polar surface area (TPSA) is 59.2 Å². The van der Waals surface area contributed by atoms with Crippen LogP contribution in [0.5, 0.6) is 0 Å². The molecule has 146 valence electrons. The van der Waals surface area contributed by atoms with E-state index in [-0.39, 0.29) is 5.91 Å². The monoisotopic (exact) mass is 414 g/mol. The molecule has 2 aromatic heterocycles. The third-order valence-electron chi connectivity index (χ3n) is 5.10. The Morgan fingerprint density at radius 1 is 1.11 bits per heavy atom. The lowest BCUT2D eigenvalue weighted by Crippen LogP contribution is -2.48. The summed E-state index contributed by atoms with van der Waals surface area (Å²) < 4.78 is 4.00. The molecule has 7 nitrogen and oxygen atoms in total. The van der Waals surface area contributed by atoms with E-state index in [1.54, 1.807) is 9.36 Å². The lowest BCUT2D eigenvalue weighted by molar-refractivity contribution is 0.0588. The van der Waals surface area contributed by atoms with Gasteiger partial charge in [0.15, 0.2) is 0 Å². The minimum atomic E-state index is 0.118. The summed E-state index contributed by atoms with van der Waals surface area (Å²) in [6, 6.07) is 9.93. The average Bonchev–Trinajstić information content (AvgIpc) is 3.35. The van der Waals surface area contributed by atoms with E-state index in [2.05, 4.69) is 41.3 Å². The molecule has 1 fully saturated rings. The van der Waals surface area contributed by atoms with Crippen molar-refractivity contribution in [3.8, 4) is 5.69 Å². The van der Waals surface area contributed by atoms with Crippen molar-refractivity contribution in [2.75, 3.05) is 26.2 Å². The number of aromatic nitrogens is 4. The summed E-state index contributed by atoms with van der Waals surface area (Å²) in [4.78, 5) is 17.4. The van der Waals surface area contributed by atoms with Gasteiger partial charge in [-0.15, -0.1) is 11.3 Å². The zero-order chi connectivity index (χ0) is 19.7. The molecule has 0 aliphatic carbocycles. The van der Waals surface area contributed by atoms with Gasteiger partial charge in [0.25, 0.3) is 5.91 Å². The number of amides is 1. The smallest absolute Gasteiger partial charge is 0.264 e. The second kappa shape index (κ2) is 7.94. The van der Waals surface area contributed by atoms with Crippen molar-refractivity contribution in [3.63, 3.8) is 0 Å². The Labute approximate surface area is 172 Å². The number of nitrogens with zero attached hydrogens (tertiary/aromatic N) is 6. The van der Waals surface area contributed by atoms with Gasteiger partial charge in [-0.05, 0) is 71.2 Å². The molecular weight excluding hydrogens is 392 g/mol. The predicted octanol–water partition coefficient (Wildman–Crippen LogP) is 2.89. The van der Waals surface area contributed by atoms with Gasteiger partial charge in [-0.25, -0.2) is 4.68 Å². The van der Waals surface area contributed by atoms with E-state index in [9.17, 15) is 4.79 Å². The van der Waals surface area contributed by atoms with Gasteiger partial charge in [-0.2, -0.15) is 4.68 Å². The third kappa shape index (κ3) is 3.78. The van der Waals surface area contributed by atoms with Crippen LogP contribution in [-0.4, -0.2) is 61.7 Å². The minimum Gasteiger partial charge on any atom is -0.335 e. The highest BCUT2D eigenvalue weighted by atomic mass is 32.1. The first-order valence-electron chi connectivity index (χ1n) is 9.18. The molecule has 9 heteroatoms. The highest BCUT2D eigenvalue weighted by Crippen LogP contribution is 2.15. The quantitative estimate of drug-likeness (QED) is 0.615. The van der Waals surface area contributed by atoms with Crippen LogP contribution in [0.3, 0.4) is 0 Å². The van der Waals surface area contributed by atoms with E-state index in [0.29, 0.717) is 24.5 Å². The van der Waals surface area contributed by atoms with Crippen LogP contribution in [0.15, 0.2) is 35.7 Å². The molecule has 0 unspecified atom stereocenters. The van der Waals surface area contributed by atoms with Gasteiger partial charge in [0.1, 0.15) is 0 Å². The van der Waals surface area contributed by atoms with Gasteiger partial charge in [0.05, 0.1) is 17.2 Å². The molecule has 4 rings (SSSR count). The van der Waals surface area contributed by atoms with Gasteiger partial charge >= 0.3 is 0 Å². The van der Waals surface area contributed by atoms with Crippen molar-refractivity contribution in [2.24, 2.45) is 0 Å². The highest BCUT2D eigenvalue weighted by molar-refractivity contribution is 7.71. The van der Waals surface area contributed by atoms with Crippen LogP contribution < -0.4 is 0 Å². The summed E-state index contributed by atoms with van der Waals surface area (Å²) in [5.74, 6) is 0.118. The van der Waals surface area contributed by atoms with Gasteiger partial charge in [0.2, 0.25) is 4.77 Å². The lowest BCUT2D eigenvalue weighted by Gasteiger charge is -2.34. The maximum Gasteiger partial charge on any atom is 0.264 e. The first kappa shape index (κ1) is 19.0. The van der Waals surface area contributed by atoms with Crippen LogP contribution in [0.2, 0.25) is 0 Å². The van der Waals surface area contributed by atoms with Gasteiger partial charge in [-0.3, -0.25) is 9.69 Å². The van der Waals surface area contributed by atoms with Crippen LogP contribution in [0.1, 0.15) is 20.8 Å². The first-order valence-corrected chi connectivity index (χ1v) is 10.5. The van der Waals surface area contributed by atoms with E-state index in [1.165, 1.54) is 22.5 Å². The Hall–Kier alpha value is -2.36. The molecule has 28 heavy (non-hydrogen) atoms. The number of piperazine rings is 1. The molecule has 0 atom stereocenters. The van der Waals surface area contributed by atoms with E-state index < -0.39 is 0 Å². The zero-order valence-corrected chi connectivity index (χ0v) is 17.5. The summed E-state index contributed by atoms with van der Waals surface area (Å²) in [5, 5.41) is 10.4. The maximum absolute atomic E-state index is 12.5. The molecule has 1 aromatic carbocycles. The number of hydrogen-bond acceptors (Lipinski definition) is 6. The molecule has 1 aliphatic heterocycles. The van der Waals surface area contributed by atoms with Crippen molar-refractivity contribution in [2.45, 2.75) is 20.5 Å². The fourth-order valence-corrected chi connectivity index (χ4v) is 4.15. The Balaban J connectivity index is 1.41. The van der Waals surface area contributed by atoms with Gasteiger partial charge in [-0.1, -0.05) is 12.1 Å². The van der Waals surface area contributed by atoms with Gasteiger partial charge < -0.3 is 4.90 Å². The second-order valence-corrected chi connectivity index (χ2v) is 8.28. The zero-order valence-electron chi connectivity index (χ0n) is 15.9. The van der Waals surface area contributed by atoms with Crippen molar-refractivity contribution in [1.29, 1.82) is 0 Å². The number of hydrogen-bond donors (Lipinski definition) is 0. The molecule has 0 saturated carbocycles. The van der Waals surface area contributed by atoms with E-state index in [4.69, 9.17) is 12.2 Å². The number of thiophene rings is 1. The van der Waals surface area contributed by atoms with E-state index in [1.807, 2.05) is 28.5 Å². The molecule has 0 radical (unpaired) electrons. The number of aryl methyl sites for hydroxylation is 2. The summed E-state index contributed by atoms with van der Waals surface area (Å²) in [6.07, 6.45) is 0. The molecular formula is C19H22N6OS2. The highest BCUT2D eigenvalue weighted by Gasteiger charge is 2.23. The van der Waals surface area contributed by atoms with Crippen molar-refractivity contribution < 1.29 is 4.79 Å². The Kier molecular flexibility index (Phi) is 5.38. The number of carbonyl (C=O) groups excluding carboxylic acids is 1. The summed E-state index contributed by atoms with van der Waals surface area (Å²) >= 11 is 7.07. The van der Waals surface area contributed by atoms with Crippen LogP contribution in [0, 0.1) is 18.6 Å². The fraction of sp³-hybridized carbons (Fsp3) is 0.368. The van der Waals surface area contributed by atoms with Crippen LogP contribution in [0.25, 0.3) is 5.69 Å². The fourth-order valence-electron chi connectivity index (χ4n) is 3.22. The largest absolute Gasteiger partial charge is 0.335 e. The van der Waals surface area contributed by atoms with Crippen LogP contribution >= 0.6 is 23.6 Å². The molecule has 0 spiro atoms. The van der Waals surface area contributed by atoms with Crippen molar-refractivity contribution >= 4 is 29.5 Å². The Morgan fingerprint density at radius 3 is 2.57 bits per heavy atom. The predicted molar refractivity (Wildman–Crippen MR) is 111 cm³/mol. The van der Waals surface area contributed by atoms with Crippen molar-refractivity contribution in [3.05, 3.63) is 56.5 Å². The van der Waals surface area contributed by atoms with E-state index >= 15 is 0 Å². The number of benzene rings is 1. The first-order chi connectivity index (χ1) is 13.5. The van der Waals surface area contributed by atoms with Gasteiger partial charge in [0, 0.05) is 26.2 Å². The van der Waals surface area contributed by atoms with E-state index in [0.717, 1.165) is 23.7 Å². The summed E-state index contributed by atoms with van der Waals surface area (Å²) in [7, 11) is 0. The van der Waals surface area contributed by atoms with Crippen molar-refractivity contribution in [1.82, 2.24) is 29.6 Å². The molecule has 3 heterocycles. The summed E-state index contributed by atoms with van der Waals surface area (Å²) in [6.45, 7) is 7.71. The maximum atomic E-state index is 12.5. The van der Waals surface area contributed by atoms with Crippen LogP contribution in [0.4, 0.5) is 0 Å². The Bertz CT molecular complexity index is 1030. The molecule has 0 N–H and O–H groups in total. The van der Waals surface area contributed by atoms with Crippen LogP contribution in [-0.2, 0) is 6.67 Å². The lowest BCUT2D eigenvalue weighted by atomic mass is 10.1. The SMILES string of the molecule is Cc1ccc(-n2nnn(CN3CCN(C(=O)c4cccs4)CC3)c2=S)cc1C. The molecule has 1 amide bonds. The summed E-state index contributed by atoms with van der Waals surface area (Å²) in [5.41, 5.74) is 3.35. The molecule has 1 saturated heterocycles. The number of tetrazole rings is 1. The standard InChI is InChI=1S/C19H22N6OS2/c1-14-5-6-16(12-15(14)2)25-19(27)24(20-21-25)13-22-7-9-23(10-8-22)18(26)17-4-3-11-28-17/h3-6,11-12H,7-10,13H2,1-2H3. The average molecular weight is 415 g/mol. The number of rotatable bonds is 4. The second-order valence-electron chi connectivity index (χ2n) is 6.97. The normalized spacial score (nSPS) is 15.1.